The minimum atomic E-state index is -2.02. The summed E-state index contributed by atoms with van der Waals surface area (Å²) in [4.78, 5) is 39.3. The van der Waals surface area contributed by atoms with Gasteiger partial charge in [-0.2, -0.15) is 0 Å². The predicted molar refractivity (Wildman–Crippen MR) is 118 cm³/mol. The van der Waals surface area contributed by atoms with Crippen LogP contribution in [0.1, 0.15) is 25.0 Å². The molecule has 2 rings (SSSR count). The first-order chi connectivity index (χ1) is 15.8. The Labute approximate surface area is 192 Å². The number of ether oxygens (including phenoxy) is 2. The topological polar surface area (TPSA) is 134 Å². The van der Waals surface area contributed by atoms with Crippen LogP contribution in [0.15, 0.2) is 60.7 Å². The van der Waals surface area contributed by atoms with E-state index in [0.717, 1.165) is 0 Å². The van der Waals surface area contributed by atoms with Crippen LogP contribution in [-0.2, 0) is 27.5 Å². The summed E-state index contributed by atoms with van der Waals surface area (Å²) in [6.45, 7) is 1.91. The highest BCUT2D eigenvalue weighted by Crippen LogP contribution is 2.19. The van der Waals surface area contributed by atoms with Gasteiger partial charge in [0.1, 0.15) is 31.5 Å². The summed E-state index contributed by atoms with van der Waals surface area (Å²) < 4.78 is 10.5. The Morgan fingerprint density at radius 3 is 1.61 bits per heavy atom. The number of amides is 2. The summed E-state index contributed by atoms with van der Waals surface area (Å²) in [6.07, 6.45) is -6.08. The van der Waals surface area contributed by atoms with Crippen molar-refractivity contribution in [2.24, 2.45) is 5.92 Å². The van der Waals surface area contributed by atoms with Gasteiger partial charge in [-0.05, 0) is 17.0 Å². The van der Waals surface area contributed by atoms with Crippen molar-refractivity contribution in [2.75, 3.05) is 6.61 Å². The van der Waals surface area contributed by atoms with E-state index in [1.165, 1.54) is 0 Å². The van der Waals surface area contributed by atoms with Crippen molar-refractivity contribution in [2.45, 2.75) is 45.3 Å². The summed E-state index contributed by atoms with van der Waals surface area (Å²) >= 11 is 0. The second kappa shape index (κ2) is 12.7. The van der Waals surface area contributed by atoms with Crippen molar-refractivity contribution in [1.82, 2.24) is 4.90 Å². The zero-order valence-corrected chi connectivity index (χ0v) is 18.5. The van der Waals surface area contributed by atoms with Gasteiger partial charge in [0.2, 0.25) is 0 Å². The van der Waals surface area contributed by atoms with Crippen LogP contribution in [0.2, 0.25) is 0 Å². The van der Waals surface area contributed by atoms with Crippen molar-refractivity contribution in [3.63, 3.8) is 0 Å². The van der Waals surface area contributed by atoms with Gasteiger partial charge < -0.3 is 24.8 Å². The number of aliphatic hydroxyl groups excluding tert-OH is 3. The average Bonchev–Trinajstić information content (AvgIpc) is 2.83. The molecule has 0 saturated heterocycles. The number of imide groups is 1. The van der Waals surface area contributed by atoms with Gasteiger partial charge in [-0.15, -0.1) is 0 Å². The van der Waals surface area contributed by atoms with E-state index in [4.69, 9.17) is 14.6 Å². The number of nitrogens with zero attached hydrogens (tertiary/aromatic N) is 1. The third kappa shape index (κ3) is 7.38. The highest BCUT2D eigenvalue weighted by molar-refractivity contribution is 5.98. The number of hydrogen-bond donors (Lipinski definition) is 3. The molecule has 0 fully saturated rings. The molecule has 9 heteroatoms. The number of benzene rings is 2. The molecule has 0 aromatic heterocycles. The molecule has 2 unspecified atom stereocenters. The zero-order chi connectivity index (χ0) is 24.4. The molecule has 2 amide bonds. The van der Waals surface area contributed by atoms with Crippen LogP contribution < -0.4 is 0 Å². The Morgan fingerprint density at radius 1 is 0.818 bits per heavy atom. The SMILES string of the molecule is CC(C)[C@@H](C(=O)C(O)C(O)CO)N(C(=O)OCc1ccccc1)C(=O)OCc1ccccc1. The molecule has 33 heavy (non-hydrogen) atoms. The molecule has 0 aliphatic heterocycles. The standard InChI is InChI=1S/C24H29NO8/c1-16(2)20(22(29)21(28)19(27)13-26)25(23(30)32-14-17-9-5-3-6-10-17)24(31)33-15-18-11-7-4-8-12-18/h3-12,16,19-21,26-28H,13-15H2,1-2H3/t19?,20-,21?/m0/s1. The number of hydrogen-bond acceptors (Lipinski definition) is 8. The van der Waals surface area contributed by atoms with Crippen molar-refractivity contribution in [1.29, 1.82) is 0 Å². The maximum atomic E-state index is 12.9. The summed E-state index contributed by atoms with van der Waals surface area (Å²) in [5.41, 5.74) is 1.32. The molecular weight excluding hydrogens is 430 g/mol. The number of Topliss-reactive ketones (excluding diaryl/α,β-unsaturated/α-hetero) is 1. The van der Waals surface area contributed by atoms with Gasteiger partial charge >= 0.3 is 12.2 Å². The van der Waals surface area contributed by atoms with Crippen molar-refractivity contribution in [3.05, 3.63) is 71.8 Å². The quantitative estimate of drug-likeness (QED) is 0.493. The number of ketones is 1. The lowest BCUT2D eigenvalue weighted by Crippen LogP contribution is -2.56. The van der Waals surface area contributed by atoms with E-state index in [1.54, 1.807) is 74.5 Å². The first-order valence-electron chi connectivity index (χ1n) is 10.5. The third-order valence-corrected chi connectivity index (χ3v) is 4.85. The first kappa shape index (κ1) is 26.0. The molecule has 178 valence electrons. The minimum Gasteiger partial charge on any atom is -0.444 e. The molecule has 9 nitrogen and oxygen atoms in total. The maximum absolute atomic E-state index is 12.9. The highest BCUT2D eigenvalue weighted by atomic mass is 16.6. The summed E-state index contributed by atoms with van der Waals surface area (Å²) in [5, 5.41) is 29.0. The van der Waals surface area contributed by atoms with Crippen LogP contribution in [0.3, 0.4) is 0 Å². The van der Waals surface area contributed by atoms with Crippen LogP contribution in [-0.4, -0.2) is 63.0 Å². The van der Waals surface area contributed by atoms with Gasteiger partial charge in [0, 0.05) is 0 Å². The van der Waals surface area contributed by atoms with E-state index in [1.807, 2.05) is 0 Å². The first-order valence-corrected chi connectivity index (χ1v) is 10.5. The maximum Gasteiger partial charge on any atom is 0.420 e. The molecule has 0 aliphatic carbocycles. The Bertz CT molecular complexity index is 848. The summed E-state index contributed by atoms with van der Waals surface area (Å²) in [6, 6.07) is 16.0. The van der Waals surface area contributed by atoms with E-state index in [0.29, 0.717) is 16.0 Å². The van der Waals surface area contributed by atoms with Crippen LogP contribution in [0.5, 0.6) is 0 Å². The molecule has 0 saturated carbocycles. The monoisotopic (exact) mass is 459 g/mol. The van der Waals surface area contributed by atoms with Gasteiger partial charge in [-0.3, -0.25) is 4.79 Å². The van der Waals surface area contributed by atoms with Gasteiger partial charge in [0.15, 0.2) is 5.78 Å². The zero-order valence-electron chi connectivity index (χ0n) is 18.5. The Kier molecular flexibility index (Phi) is 9.99. The van der Waals surface area contributed by atoms with E-state index in [2.05, 4.69) is 0 Å². The predicted octanol–water partition coefficient (Wildman–Crippen LogP) is 2.27. The normalized spacial score (nSPS) is 13.6. The fourth-order valence-corrected chi connectivity index (χ4v) is 3.10. The van der Waals surface area contributed by atoms with Gasteiger partial charge in [-0.1, -0.05) is 74.5 Å². The van der Waals surface area contributed by atoms with E-state index in [9.17, 15) is 24.6 Å². The van der Waals surface area contributed by atoms with Gasteiger partial charge in [0.05, 0.1) is 6.61 Å². The Balaban J connectivity index is 2.28. The van der Waals surface area contributed by atoms with Crippen molar-refractivity contribution in [3.8, 4) is 0 Å². The number of carbonyl (C=O) groups is 3. The third-order valence-electron chi connectivity index (χ3n) is 4.85. The fourth-order valence-electron chi connectivity index (χ4n) is 3.10. The van der Waals surface area contributed by atoms with E-state index >= 15 is 0 Å². The largest absolute Gasteiger partial charge is 0.444 e. The molecule has 0 bridgehead atoms. The molecule has 0 heterocycles. The average molecular weight is 459 g/mol. The molecule has 2 aromatic carbocycles. The molecule has 0 aliphatic rings. The second-order valence-electron chi connectivity index (χ2n) is 7.74. The minimum absolute atomic E-state index is 0.164. The molecule has 0 radical (unpaired) electrons. The lowest BCUT2D eigenvalue weighted by atomic mass is 9.93. The van der Waals surface area contributed by atoms with Crippen LogP contribution in [0, 0.1) is 5.92 Å². The van der Waals surface area contributed by atoms with Gasteiger partial charge in [0.25, 0.3) is 0 Å². The Hall–Kier alpha value is -3.27. The Morgan fingerprint density at radius 2 is 1.24 bits per heavy atom. The summed E-state index contributed by atoms with van der Waals surface area (Å²) in [5.74, 6) is -1.69. The number of rotatable bonds is 10. The number of aliphatic hydroxyl groups is 3. The molecular formula is C24H29NO8. The van der Waals surface area contributed by atoms with E-state index in [-0.39, 0.29) is 13.2 Å². The summed E-state index contributed by atoms with van der Waals surface area (Å²) in [7, 11) is 0. The highest BCUT2D eigenvalue weighted by Gasteiger charge is 2.43. The van der Waals surface area contributed by atoms with Crippen molar-refractivity contribution >= 4 is 18.0 Å². The number of carbonyl (C=O) groups excluding carboxylic acids is 3. The van der Waals surface area contributed by atoms with Crippen LogP contribution in [0.4, 0.5) is 9.59 Å². The van der Waals surface area contributed by atoms with Gasteiger partial charge in [-0.25, -0.2) is 14.5 Å². The second-order valence-corrected chi connectivity index (χ2v) is 7.74. The van der Waals surface area contributed by atoms with Crippen molar-refractivity contribution < 1.29 is 39.2 Å². The smallest absolute Gasteiger partial charge is 0.420 e. The molecule has 3 N–H and O–H groups in total. The molecule has 2 aromatic rings. The molecule has 3 atom stereocenters. The lowest BCUT2D eigenvalue weighted by molar-refractivity contribution is -0.140. The van der Waals surface area contributed by atoms with Crippen LogP contribution >= 0.6 is 0 Å². The molecule has 0 spiro atoms. The lowest BCUT2D eigenvalue weighted by Gasteiger charge is -2.32. The van der Waals surface area contributed by atoms with E-state index < -0.39 is 48.7 Å². The fraction of sp³-hybridized carbons (Fsp3) is 0.375. The van der Waals surface area contributed by atoms with Crippen LogP contribution in [0.25, 0.3) is 0 Å².